The Morgan fingerprint density at radius 1 is 0.969 bits per heavy atom. The van der Waals surface area contributed by atoms with Crippen LogP contribution in [0.4, 0.5) is 5.69 Å². The summed E-state index contributed by atoms with van der Waals surface area (Å²) in [6.45, 7) is 1.58. The number of non-ortho nitro benzene ring substituents is 1. The highest BCUT2D eigenvalue weighted by atomic mass is 32.2. The highest BCUT2D eigenvalue weighted by molar-refractivity contribution is 7.89. The van der Waals surface area contributed by atoms with Crippen LogP contribution in [0.2, 0.25) is 0 Å². The van der Waals surface area contributed by atoms with Crippen molar-refractivity contribution in [2.75, 3.05) is 6.61 Å². The first-order valence-corrected chi connectivity index (χ1v) is 11.3. The number of Topliss-reactive ketones (excluding diaryl/α,β-unsaturated/α-hetero) is 1. The number of sulfonamides is 1. The molecule has 8 nitrogen and oxygen atoms in total. The maximum atomic E-state index is 13.7. The normalized spacial score (nSPS) is 19.0. The number of hydrogen-bond donors (Lipinski definition) is 0. The van der Waals surface area contributed by atoms with Gasteiger partial charge in [0, 0.05) is 17.7 Å². The molecule has 2 unspecified atom stereocenters. The Morgan fingerprint density at radius 3 is 2.16 bits per heavy atom. The minimum atomic E-state index is -4.08. The molecule has 0 aromatic heterocycles. The van der Waals surface area contributed by atoms with Gasteiger partial charge in [-0.2, -0.15) is 4.31 Å². The van der Waals surface area contributed by atoms with Crippen molar-refractivity contribution in [3.05, 3.63) is 106 Å². The van der Waals surface area contributed by atoms with Crippen molar-refractivity contribution in [3.8, 4) is 0 Å². The molecule has 1 aliphatic heterocycles. The Balaban J connectivity index is 1.78. The van der Waals surface area contributed by atoms with E-state index in [1.165, 1.54) is 23.4 Å². The third-order valence-electron chi connectivity index (χ3n) is 5.36. The molecule has 0 N–H and O–H groups in total. The first kappa shape index (κ1) is 21.8. The molecule has 3 aromatic carbocycles. The predicted octanol–water partition coefficient (Wildman–Crippen LogP) is 4.26. The third kappa shape index (κ3) is 4.05. The van der Waals surface area contributed by atoms with E-state index in [1.54, 1.807) is 48.5 Å². The molecule has 164 valence electrons. The van der Waals surface area contributed by atoms with Crippen LogP contribution in [0.1, 0.15) is 40.7 Å². The van der Waals surface area contributed by atoms with Gasteiger partial charge in [0.15, 0.2) is 12.0 Å². The Bertz CT molecular complexity index is 1240. The molecule has 1 fully saturated rings. The van der Waals surface area contributed by atoms with Crippen molar-refractivity contribution in [2.24, 2.45) is 0 Å². The largest absolute Gasteiger partial charge is 0.356 e. The number of ether oxygens (including phenoxy) is 1. The van der Waals surface area contributed by atoms with Crippen LogP contribution in [-0.2, 0) is 14.8 Å². The average molecular weight is 452 g/mol. The minimum Gasteiger partial charge on any atom is -0.356 e. The number of benzene rings is 3. The second-order valence-electron chi connectivity index (χ2n) is 7.38. The highest BCUT2D eigenvalue weighted by Crippen LogP contribution is 2.43. The molecule has 0 spiro atoms. The molecule has 9 heteroatoms. The first-order valence-electron chi connectivity index (χ1n) is 9.84. The van der Waals surface area contributed by atoms with Gasteiger partial charge in [0.25, 0.3) is 5.69 Å². The summed E-state index contributed by atoms with van der Waals surface area (Å²) < 4.78 is 34.6. The Morgan fingerprint density at radius 2 is 1.59 bits per heavy atom. The second-order valence-corrected chi connectivity index (χ2v) is 9.22. The summed E-state index contributed by atoms with van der Waals surface area (Å²) in [5.74, 6) is -0.0864. The Kier molecular flexibility index (Phi) is 5.88. The van der Waals surface area contributed by atoms with E-state index in [9.17, 15) is 23.3 Å². The van der Waals surface area contributed by atoms with Gasteiger partial charge in [0.1, 0.15) is 0 Å². The van der Waals surface area contributed by atoms with Gasteiger partial charge < -0.3 is 4.74 Å². The lowest BCUT2D eigenvalue weighted by atomic mass is 10.0. The minimum absolute atomic E-state index is 0.0695. The smallest absolute Gasteiger partial charge is 0.269 e. The molecule has 32 heavy (non-hydrogen) atoms. The molecular weight excluding hydrogens is 432 g/mol. The zero-order valence-corrected chi connectivity index (χ0v) is 17.9. The molecule has 0 saturated carbocycles. The van der Waals surface area contributed by atoms with Crippen molar-refractivity contribution in [1.82, 2.24) is 4.31 Å². The van der Waals surface area contributed by atoms with Crippen molar-refractivity contribution in [2.45, 2.75) is 24.1 Å². The van der Waals surface area contributed by atoms with Crippen LogP contribution in [-0.4, -0.2) is 30.0 Å². The van der Waals surface area contributed by atoms with Crippen molar-refractivity contribution in [3.63, 3.8) is 0 Å². The molecule has 0 bridgehead atoms. The number of nitrogens with zero attached hydrogens (tertiary/aromatic N) is 2. The maximum Gasteiger partial charge on any atom is 0.269 e. The van der Waals surface area contributed by atoms with Crippen LogP contribution in [0.15, 0.2) is 83.8 Å². The highest BCUT2D eigenvalue weighted by Gasteiger charge is 2.44. The van der Waals surface area contributed by atoms with Crippen LogP contribution < -0.4 is 0 Å². The van der Waals surface area contributed by atoms with Crippen molar-refractivity contribution in [1.29, 1.82) is 0 Å². The van der Waals surface area contributed by atoms with Crippen molar-refractivity contribution < 1.29 is 22.9 Å². The standard InChI is InChI=1S/C23H20N2O6S/c1-16(26)17-7-9-18(10-8-17)22-15-31-23(19-5-3-2-4-6-19)24(22)32(29,30)21-13-11-20(12-14-21)25(27)28/h2-14,22-23H,15H2,1H3. The van der Waals surface area contributed by atoms with Crippen molar-refractivity contribution >= 4 is 21.5 Å². The summed E-state index contributed by atoms with van der Waals surface area (Å²) in [6, 6.07) is 19.9. The lowest BCUT2D eigenvalue weighted by Gasteiger charge is -2.28. The summed E-state index contributed by atoms with van der Waals surface area (Å²) >= 11 is 0. The molecule has 3 aromatic rings. The predicted molar refractivity (Wildman–Crippen MR) is 116 cm³/mol. The average Bonchev–Trinajstić information content (AvgIpc) is 3.26. The SMILES string of the molecule is CC(=O)c1ccc(C2COC(c3ccccc3)N2S(=O)(=O)c2ccc([N+](=O)[O-])cc2)cc1. The molecule has 0 amide bonds. The number of carbonyl (C=O) groups is 1. The van der Waals surface area contributed by atoms with Crippen LogP contribution in [0.3, 0.4) is 0 Å². The zero-order valence-electron chi connectivity index (χ0n) is 17.1. The van der Waals surface area contributed by atoms with Crippen LogP contribution >= 0.6 is 0 Å². The van der Waals surface area contributed by atoms with Gasteiger partial charge in [0.05, 0.1) is 22.5 Å². The number of nitro groups is 1. The van der Waals surface area contributed by atoms with Gasteiger partial charge in [-0.1, -0.05) is 54.6 Å². The molecule has 1 saturated heterocycles. The van der Waals surface area contributed by atoms with Gasteiger partial charge in [-0.3, -0.25) is 14.9 Å². The summed E-state index contributed by atoms with van der Waals surface area (Å²) in [4.78, 5) is 21.9. The van der Waals surface area contributed by atoms with E-state index in [0.717, 1.165) is 12.1 Å². The molecule has 1 aliphatic rings. The van der Waals surface area contributed by atoms with Crippen LogP contribution in [0, 0.1) is 10.1 Å². The number of rotatable bonds is 6. The Hall–Kier alpha value is -3.40. The number of ketones is 1. The van der Waals surface area contributed by atoms with Gasteiger partial charge in [0.2, 0.25) is 10.0 Å². The summed E-state index contributed by atoms with van der Waals surface area (Å²) in [7, 11) is -4.08. The quantitative estimate of drug-likeness (QED) is 0.314. The molecule has 1 heterocycles. The van der Waals surface area contributed by atoms with E-state index in [4.69, 9.17) is 4.74 Å². The number of carbonyl (C=O) groups excluding carboxylic acids is 1. The van der Waals surface area contributed by atoms with E-state index in [0.29, 0.717) is 16.7 Å². The van der Waals surface area contributed by atoms with Crippen LogP contribution in [0.25, 0.3) is 0 Å². The lowest BCUT2D eigenvalue weighted by molar-refractivity contribution is -0.384. The summed E-state index contributed by atoms with van der Waals surface area (Å²) in [5.41, 5.74) is 1.68. The zero-order chi connectivity index (χ0) is 22.9. The molecular formula is C23H20N2O6S. The third-order valence-corrected chi connectivity index (χ3v) is 7.23. The fraction of sp³-hybridized carbons (Fsp3) is 0.174. The van der Waals surface area contributed by atoms with E-state index < -0.39 is 27.2 Å². The summed E-state index contributed by atoms with van der Waals surface area (Å²) in [5, 5.41) is 11.0. The van der Waals surface area contributed by atoms with Gasteiger partial charge in [-0.15, -0.1) is 0 Å². The van der Waals surface area contributed by atoms with Gasteiger partial charge in [-0.25, -0.2) is 8.42 Å². The van der Waals surface area contributed by atoms with Crippen LogP contribution in [0.5, 0.6) is 0 Å². The summed E-state index contributed by atoms with van der Waals surface area (Å²) in [6.07, 6.45) is -0.867. The van der Waals surface area contributed by atoms with E-state index in [1.807, 2.05) is 6.07 Å². The Labute approximate surface area is 185 Å². The van der Waals surface area contributed by atoms with E-state index in [-0.39, 0.29) is 23.0 Å². The fourth-order valence-corrected chi connectivity index (χ4v) is 5.37. The second kappa shape index (κ2) is 8.62. The lowest BCUT2D eigenvalue weighted by Crippen LogP contribution is -2.33. The van der Waals surface area contributed by atoms with Gasteiger partial charge in [-0.05, 0) is 30.2 Å². The topological polar surface area (TPSA) is 107 Å². The van der Waals surface area contributed by atoms with E-state index >= 15 is 0 Å². The maximum absolute atomic E-state index is 13.7. The molecule has 0 aliphatic carbocycles. The first-order chi connectivity index (χ1) is 15.3. The molecule has 0 radical (unpaired) electrons. The monoisotopic (exact) mass is 452 g/mol. The number of nitro benzene ring substituents is 1. The van der Waals surface area contributed by atoms with Gasteiger partial charge >= 0.3 is 0 Å². The molecule has 2 atom stereocenters. The number of hydrogen-bond acceptors (Lipinski definition) is 6. The molecule has 4 rings (SSSR count). The fourth-order valence-electron chi connectivity index (χ4n) is 3.69. The van der Waals surface area contributed by atoms with E-state index in [2.05, 4.69) is 0 Å².